The number of allylic oxidation sites excluding steroid dienone is 1. The van der Waals surface area contributed by atoms with Gasteiger partial charge in [-0.05, 0) is 47.7 Å². The third kappa shape index (κ3) is 4.16. The molecule has 1 amide bonds. The molecule has 0 radical (unpaired) electrons. The highest BCUT2D eigenvalue weighted by Gasteiger charge is 2.38. The van der Waals surface area contributed by atoms with Crippen LogP contribution >= 0.6 is 23.2 Å². The maximum atomic E-state index is 13.3. The Morgan fingerprint density at radius 3 is 2.20 bits per heavy atom. The van der Waals surface area contributed by atoms with E-state index in [1.807, 2.05) is 24.3 Å². The number of hydrogen-bond acceptors (Lipinski definition) is 3. The Labute approximate surface area is 186 Å². The molecule has 1 aliphatic rings. The summed E-state index contributed by atoms with van der Waals surface area (Å²) in [6.45, 7) is 8.11. The topological polar surface area (TPSA) is 46.6 Å². The lowest BCUT2D eigenvalue weighted by Crippen LogP contribution is -2.24. The molecule has 2 aromatic rings. The molecule has 156 valence electrons. The van der Waals surface area contributed by atoms with E-state index in [2.05, 4.69) is 20.8 Å². The second-order valence-electron chi connectivity index (χ2n) is 8.12. The molecule has 0 saturated carbocycles. The summed E-state index contributed by atoms with van der Waals surface area (Å²) in [6, 6.07) is 12.8. The van der Waals surface area contributed by atoms with Crippen LogP contribution in [0.4, 0.5) is 5.69 Å². The minimum absolute atomic E-state index is 0.0210. The van der Waals surface area contributed by atoms with Gasteiger partial charge < -0.3 is 4.74 Å². The van der Waals surface area contributed by atoms with Crippen molar-refractivity contribution >= 4 is 46.8 Å². The Morgan fingerprint density at radius 2 is 1.67 bits per heavy atom. The highest BCUT2D eigenvalue weighted by molar-refractivity contribution is 6.42. The number of rotatable bonds is 3. The van der Waals surface area contributed by atoms with Crippen LogP contribution in [0.25, 0.3) is 6.08 Å². The summed E-state index contributed by atoms with van der Waals surface area (Å²) in [5.74, 6) is -0.896. The van der Waals surface area contributed by atoms with E-state index in [1.54, 1.807) is 31.2 Å². The van der Waals surface area contributed by atoms with Crippen LogP contribution in [-0.2, 0) is 19.7 Å². The number of carbonyl (C=O) groups is 2. The molecule has 0 spiro atoms. The zero-order chi connectivity index (χ0) is 22.2. The van der Waals surface area contributed by atoms with E-state index in [-0.39, 0.29) is 22.5 Å². The monoisotopic (exact) mass is 443 g/mol. The molecule has 6 heteroatoms. The number of ether oxygens (including phenoxy) is 1. The van der Waals surface area contributed by atoms with Gasteiger partial charge in [-0.1, -0.05) is 68.2 Å². The molecule has 3 rings (SSSR count). The van der Waals surface area contributed by atoms with Gasteiger partial charge in [-0.25, -0.2) is 4.79 Å². The first-order valence-electron chi connectivity index (χ1n) is 9.46. The molecular formula is C24H23Cl2NO3. The standard InChI is InChI=1S/C24H23Cl2NO3/c1-14-21(23(29)30-5)18(12-15-6-8-16(9-7-15)24(2,3)4)22(28)27(14)17-10-11-19(25)20(26)13-17/h6-13H,1-5H3/b18-12-. The summed E-state index contributed by atoms with van der Waals surface area (Å²) < 4.78 is 4.95. The molecule has 0 aromatic heterocycles. The molecule has 30 heavy (non-hydrogen) atoms. The van der Waals surface area contributed by atoms with E-state index in [1.165, 1.54) is 17.6 Å². The second-order valence-corrected chi connectivity index (χ2v) is 8.94. The van der Waals surface area contributed by atoms with Gasteiger partial charge in [0.15, 0.2) is 0 Å². The molecule has 0 N–H and O–H groups in total. The third-order valence-corrected chi connectivity index (χ3v) is 5.78. The number of esters is 1. The second kappa shape index (κ2) is 8.29. The molecule has 0 aliphatic carbocycles. The Kier molecular flexibility index (Phi) is 6.11. The summed E-state index contributed by atoms with van der Waals surface area (Å²) >= 11 is 12.1. The number of nitrogens with zero attached hydrogens (tertiary/aromatic N) is 1. The average Bonchev–Trinajstić information content (AvgIpc) is 2.93. The van der Waals surface area contributed by atoms with Crippen LogP contribution in [-0.4, -0.2) is 19.0 Å². The summed E-state index contributed by atoms with van der Waals surface area (Å²) in [7, 11) is 1.30. The number of anilines is 1. The molecule has 0 fully saturated rings. The molecule has 0 saturated heterocycles. The van der Waals surface area contributed by atoms with Gasteiger partial charge in [0.2, 0.25) is 0 Å². The normalized spacial score (nSPS) is 15.9. The SMILES string of the molecule is COC(=O)C1=C(C)N(c2ccc(Cl)c(Cl)c2)C(=O)/C1=C\c1ccc(C(C)(C)C)cc1. The van der Waals surface area contributed by atoms with Crippen LogP contribution in [0.1, 0.15) is 38.8 Å². The fourth-order valence-corrected chi connectivity index (χ4v) is 3.65. The van der Waals surface area contributed by atoms with Crippen molar-refractivity contribution in [3.05, 3.63) is 80.5 Å². The smallest absolute Gasteiger partial charge is 0.340 e. The summed E-state index contributed by atoms with van der Waals surface area (Å²) in [5, 5.41) is 0.709. The van der Waals surface area contributed by atoms with E-state index in [0.717, 1.165) is 5.56 Å². The predicted octanol–water partition coefficient (Wildman–Crippen LogP) is 6.17. The number of hydrogen-bond donors (Lipinski definition) is 0. The first kappa shape index (κ1) is 22.1. The van der Waals surface area contributed by atoms with Gasteiger partial charge in [-0.15, -0.1) is 0 Å². The van der Waals surface area contributed by atoms with E-state index >= 15 is 0 Å². The summed E-state index contributed by atoms with van der Waals surface area (Å²) in [6.07, 6.45) is 1.71. The van der Waals surface area contributed by atoms with Crippen LogP contribution in [0.3, 0.4) is 0 Å². The molecular weight excluding hydrogens is 421 g/mol. The summed E-state index contributed by atoms with van der Waals surface area (Å²) in [5.41, 5.74) is 3.52. The molecule has 0 atom stereocenters. The van der Waals surface area contributed by atoms with Crippen molar-refractivity contribution in [2.24, 2.45) is 0 Å². The van der Waals surface area contributed by atoms with Crippen molar-refractivity contribution in [2.45, 2.75) is 33.1 Å². The minimum atomic E-state index is -0.569. The van der Waals surface area contributed by atoms with E-state index in [0.29, 0.717) is 21.4 Å². The first-order chi connectivity index (χ1) is 14.0. The first-order valence-corrected chi connectivity index (χ1v) is 10.2. The van der Waals surface area contributed by atoms with Crippen LogP contribution in [0.2, 0.25) is 10.0 Å². The zero-order valence-electron chi connectivity index (χ0n) is 17.5. The average molecular weight is 444 g/mol. The van der Waals surface area contributed by atoms with Crippen molar-refractivity contribution in [3.8, 4) is 0 Å². The van der Waals surface area contributed by atoms with Crippen molar-refractivity contribution in [3.63, 3.8) is 0 Å². The molecule has 0 bridgehead atoms. The van der Waals surface area contributed by atoms with E-state index in [4.69, 9.17) is 27.9 Å². The number of halogens is 2. The lowest BCUT2D eigenvalue weighted by Gasteiger charge is -2.19. The highest BCUT2D eigenvalue weighted by atomic mass is 35.5. The van der Waals surface area contributed by atoms with Gasteiger partial charge in [-0.3, -0.25) is 9.69 Å². The quantitative estimate of drug-likeness (QED) is 0.420. The van der Waals surface area contributed by atoms with E-state index in [9.17, 15) is 9.59 Å². The van der Waals surface area contributed by atoms with E-state index < -0.39 is 5.97 Å². The Bertz CT molecular complexity index is 1080. The number of amides is 1. The Balaban J connectivity index is 2.09. The fraction of sp³-hybridized carbons (Fsp3) is 0.250. The van der Waals surface area contributed by atoms with Gasteiger partial charge in [0.25, 0.3) is 5.91 Å². The van der Waals surface area contributed by atoms with Crippen molar-refractivity contribution in [2.75, 3.05) is 12.0 Å². The fourth-order valence-electron chi connectivity index (χ4n) is 3.36. The lowest BCUT2D eigenvalue weighted by molar-refractivity contribution is -0.136. The Hall–Kier alpha value is -2.56. The highest BCUT2D eigenvalue weighted by Crippen LogP contribution is 2.37. The maximum absolute atomic E-state index is 13.3. The van der Waals surface area contributed by atoms with Crippen molar-refractivity contribution in [1.29, 1.82) is 0 Å². The third-order valence-electron chi connectivity index (χ3n) is 5.04. The molecule has 4 nitrogen and oxygen atoms in total. The van der Waals surface area contributed by atoms with Crippen LogP contribution in [0.15, 0.2) is 59.3 Å². The number of benzene rings is 2. The van der Waals surface area contributed by atoms with Gasteiger partial charge in [-0.2, -0.15) is 0 Å². The minimum Gasteiger partial charge on any atom is -0.465 e. The zero-order valence-corrected chi connectivity index (χ0v) is 19.1. The van der Waals surface area contributed by atoms with Gasteiger partial charge in [0, 0.05) is 5.70 Å². The number of carbonyl (C=O) groups excluding carboxylic acids is 2. The van der Waals surface area contributed by atoms with Gasteiger partial charge in [0.05, 0.1) is 34.0 Å². The van der Waals surface area contributed by atoms with Gasteiger partial charge >= 0.3 is 5.97 Å². The maximum Gasteiger partial charge on any atom is 0.340 e. The molecule has 2 aromatic carbocycles. The Morgan fingerprint density at radius 1 is 1.03 bits per heavy atom. The number of methoxy groups -OCH3 is 1. The van der Waals surface area contributed by atoms with Crippen LogP contribution < -0.4 is 4.90 Å². The van der Waals surface area contributed by atoms with Gasteiger partial charge in [0.1, 0.15) is 0 Å². The molecule has 1 aliphatic heterocycles. The van der Waals surface area contributed by atoms with Crippen LogP contribution in [0, 0.1) is 0 Å². The van der Waals surface area contributed by atoms with Crippen molar-refractivity contribution in [1.82, 2.24) is 0 Å². The molecule has 0 unspecified atom stereocenters. The molecule has 1 heterocycles. The lowest BCUT2D eigenvalue weighted by atomic mass is 9.86. The largest absolute Gasteiger partial charge is 0.465 e. The predicted molar refractivity (Wildman–Crippen MR) is 122 cm³/mol. The van der Waals surface area contributed by atoms with Crippen molar-refractivity contribution < 1.29 is 14.3 Å². The summed E-state index contributed by atoms with van der Waals surface area (Å²) in [4.78, 5) is 27.3. The van der Waals surface area contributed by atoms with Crippen LogP contribution in [0.5, 0.6) is 0 Å².